The van der Waals surface area contributed by atoms with Crippen molar-refractivity contribution >= 4 is 23.1 Å². The van der Waals surface area contributed by atoms with E-state index in [2.05, 4.69) is 20.6 Å². The molecule has 20 heavy (non-hydrogen) atoms. The number of nitro groups is 1. The Labute approximate surface area is 114 Å². The number of anilines is 2. The minimum absolute atomic E-state index is 0.0711. The third-order valence-electron chi connectivity index (χ3n) is 2.50. The molecule has 0 unspecified atom stereocenters. The molecule has 0 aliphatic rings. The smallest absolute Gasteiger partial charge is 0.300 e. The molecule has 0 spiro atoms. The number of hydrogen-bond acceptors (Lipinski definition) is 6. The van der Waals surface area contributed by atoms with E-state index in [-0.39, 0.29) is 11.3 Å². The number of nitrogens with zero attached hydrogens (tertiary/aromatic N) is 3. The monoisotopic (exact) mass is 273 g/mol. The summed E-state index contributed by atoms with van der Waals surface area (Å²) in [5.41, 5.74) is 0.0261. The molecule has 0 aromatic carbocycles. The van der Waals surface area contributed by atoms with E-state index in [4.69, 9.17) is 0 Å². The van der Waals surface area contributed by atoms with Gasteiger partial charge in [0.2, 0.25) is 0 Å². The lowest BCUT2D eigenvalue weighted by molar-refractivity contribution is -0.385. The van der Waals surface area contributed by atoms with E-state index in [1.165, 1.54) is 12.3 Å². The molecular weight excluding hydrogens is 262 g/mol. The molecule has 8 nitrogen and oxygen atoms in total. The molecule has 0 bridgehead atoms. The average Bonchev–Trinajstić information content (AvgIpc) is 2.47. The maximum Gasteiger partial charge on any atom is 0.300 e. The van der Waals surface area contributed by atoms with Gasteiger partial charge in [0.05, 0.1) is 16.8 Å². The molecule has 102 valence electrons. The summed E-state index contributed by atoms with van der Waals surface area (Å²) in [5.74, 6) is -0.226. The Morgan fingerprint density at radius 2 is 2.20 bits per heavy atom. The standard InChI is InChI=1S/C12H11N5O3/c1-13-11-5-9(10(7-15-11)17(19)20)12(18)16-8-3-2-4-14-6-8/h2-7H,1H3,(H,13,15)(H,16,18). The van der Waals surface area contributed by atoms with Crippen LogP contribution in [0.5, 0.6) is 0 Å². The van der Waals surface area contributed by atoms with E-state index in [1.807, 2.05) is 0 Å². The van der Waals surface area contributed by atoms with Crippen LogP contribution in [0.1, 0.15) is 10.4 Å². The van der Waals surface area contributed by atoms with Crippen molar-refractivity contribution in [3.05, 3.63) is 52.5 Å². The maximum atomic E-state index is 12.1. The first-order valence-electron chi connectivity index (χ1n) is 5.65. The number of carbonyl (C=O) groups excluding carboxylic acids is 1. The van der Waals surface area contributed by atoms with Crippen LogP contribution in [0.2, 0.25) is 0 Å². The fraction of sp³-hybridized carbons (Fsp3) is 0.0833. The van der Waals surface area contributed by atoms with Gasteiger partial charge in [0, 0.05) is 19.3 Å². The molecule has 2 N–H and O–H groups in total. The van der Waals surface area contributed by atoms with Crippen LogP contribution < -0.4 is 10.6 Å². The van der Waals surface area contributed by atoms with Gasteiger partial charge >= 0.3 is 0 Å². The minimum atomic E-state index is -0.648. The first-order chi connectivity index (χ1) is 9.61. The number of aromatic nitrogens is 2. The Morgan fingerprint density at radius 3 is 2.80 bits per heavy atom. The van der Waals surface area contributed by atoms with E-state index >= 15 is 0 Å². The van der Waals surface area contributed by atoms with Gasteiger partial charge in [-0.05, 0) is 12.1 Å². The first kappa shape index (κ1) is 13.4. The Bertz CT molecular complexity index is 645. The summed E-state index contributed by atoms with van der Waals surface area (Å²) in [6.45, 7) is 0. The molecule has 0 aliphatic heterocycles. The lowest BCUT2D eigenvalue weighted by Gasteiger charge is -2.06. The minimum Gasteiger partial charge on any atom is -0.373 e. The van der Waals surface area contributed by atoms with Gasteiger partial charge in [-0.25, -0.2) is 4.98 Å². The van der Waals surface area contributed by atoms with Gasteiger partial charge in [-0.3, -0.25) is 19.9 Å². The number of carbonyl (C=O) groups is 1. The summed E-state index contributed by atoms with van der Waals surface area (Å²) in [5, 5.41) is 16.2. The summed E-state index contributed by atoms with van der Waals surface area (Å²) >= 11 is 0. The number of amides is 1. The van der Waals surface area contributed by atoms with Crippen molar-refractivity contribution < 1.29 is 9.72 Å². The van der Waals surface area contributed by atoms with Crippen LogP contribution in [-0.4, -0.2) is 27.8 Å². The number of hydrogen-bond donors (Lipinski definition) is 2. The zero-order valence-electron chi connectivity index (χ0n) is 10.5. The maximum absolute atomic E-state index is 12.1. The third-order valence-corrected chi connectivity index (χ3v) is 2.50. The van der Waals surface area contributed by atoms with E-state index in [0.717, 1.165) is 6.20 Å². The van der Waals surface area contributed by atoms with Gasteiger partial charge in [-0.1, -0.05) is 0 Å². The van der Waals surface area contributed by atoms with Gasteiger partial charge in [-0.15, -0.1) is 0 Å². The normalized spacial score (nSPS) is 9.85. The van der Waals surface area contributed by atoms with Crippen LogP contribution in [0.3, 0.4) is 0 Å². The molecule has 0 atom stereocenters. The van der Waals surface area contributed by atoms with Crippen molar-refractivity contribution in [2.45, 2.75) is 0 Å². The zero-order valence-corrected chi connectivity index (χ0v) is 10.5. The first-order valence-corrected chi connectivity index (χ1v) is 5.65. The van der Waals surface area contributed by atoms with Crippen molar-refractivity contribution in [1.82, 2.24) is 9.97 Å². The molecule has 0 fully saturated rings. The summed E-state index contributed by atoms with van der Waals surface area (Å²) in [7, 11) is 1.61. The van der Waals surface area contributed by atoms with Crippen molar-refractivity contribution in [3.8, 4) is 0 Å². The molecule has 8 heteroatoms. The van der Waals surface area contributed by atoms with Gasteiger partial charge in [0.1, 0.15) is 17.6 Å². The Balaban J connectivity index is 2.35. The van der Waals surface area contributed by atoms with E-state index in [9.17, 15) is 14.9 Å². The second kappa shape index (κ2) is 5.74. The topological polar surface area (TPSA) is 110 Å². The van der Waals surface area contributed by atoms with E-state index in [1.54, 1.807) is 25.4 Å². The SMILES string of the molecule is CNc1cc(C(=O)Nc2cccnc2)c([N+](=O)[O-])cn1. The lowest BCUT2D eigenvalue weighted by Crippen LogP contribution is -2.15. The molecule has 2 aromatic heterocycles. The molecule has 2 heterocycles. The zero-order chi connectivity index (χ0) is 14.5. The van der Waals surface area contributed by atoms with Crippen molar-refractivity contribution in [2.24, 2.45) is 0 Å². The molecule has 0 radical (unpaired) electrons. The highest BCUT2D eigenvalue weighted by Gasteiger charge is 2.21. The summed E-state index contributed by atoms with van der Waals surface area (Å²) in [6.07, 6.45) is 4.05. The van der Waals surface area contributed by atoms with Crippen LogP contribution in [0.15, 0.2) is 36.8 Å². The highest BCUT2D eigenvalue weighted by molar-refractivity contribution is 6.07. The van der Waals surface area contributed by atoms with Crippen LogP contribution in [0.4, 0.5) is 17.2 Å². The number of pyridine rings is 2. The number of nitrogens with one attached hydrogen (secondary N) is 2. The third kappa shape index (κ3) is 2.86. The predicted octanol–water partition coefficient (Wildman–Crippen LogP) is 1.68. The molecule has 1 amide bonds. The predicted molar refractivity (Wildman–Crippen MR) is 72.6 cm³/mol. The summed E-state index contributed by atoms with van der Waals surface area (Å²) in [4.78, 5) is 30.1. The van der Waals surface area contributed by atoms with E-state index in [0.29, 0.717) is 11.5 Å². The van der Waals surface area contributed by atoms with Crippen molar-refractivity contribution in [1.29, 1.82) is 0 Å². The summed E-state index contributed by atoms with van der Waals surface area (Å²) < 4.78 is 0. The number of rotatable bonds is 4. The molecular formula is C12H11N5O3. The quantitative estimate of drug-likeness (QED) is 0.647. The highest BCUT2D eigenvalue weighted by Crippen LogP contribution is 2.21. The van der Waals surface area contributed by atoms with Gasteiger partial charge < -0.3 is 10.6 Å². The van der Waals surface area contributed by atoms with Crippen LogP contribution in [-0.2, 0) is 0 Å². The summed E-state index contributed by atoms with van der Waals surface area (Å²) in [6, 6.07) is 4.61. The lowest BCUT2D eigenvalue weighted by atomic mass is 10.2. The highest BCUT2D eigenvalue weighted by atomic mass is 16.6. The molecule has 0 aliphatic carbocycles. The fourth-order valence-electron chi connectivity index (χ4n) is 1.55. The molecule has 2 rings (SSSR count). The van der Waals surface area contributed by atoms with E-state index < -0.39 is 10.8 Å². The Kier molecular flexibility index (Phi) is 3.85. The second-order valence-corrected chi connectivity index (χ2v) is 3.79. The van der Waals surface area contributed by atoms with Gasteiger partial charge in [0.15, 0.2) is 0 Å². The Hall–Kier alpha value is -3.03. The van der Waals surface area contributed by atoms with Crippen LogP contribution in [0, 0.1) is 10.1 Å². The molecule has 0 saturated carbocycles. The van der Waals surface area contributed by atoms with Gasteiger partial charge in [-0.2, -0.15) is 0 Å². The molecule has 0 saturated heterocycles. The average molecular weight is 273 g/mol. The van der Waals surface area contributed by atoms with Crippen LogP contribution >= 0.6 is 0 Å². The Morgan fingerprint density at radius 1 is 1.40 bits per heavy atom. The van der Waals surface area contributed by atoms with Crippen molar-refractivity contribution in [2.75, 3.05) is 17.7 Å². The fourth-order valence-corrected chi connectivity index (χ4v) is 1.55. The van der Waals surface area contributed by atoms with Crippen LogP contribution in [0.25, 0.3) is 0 Å². The second-order valence-electron chi connectivity index (χ2n) is 3.79. The largest absolute Gasteiger partial charge is 0.373 e. The van der Waals surface area contributed by atoms with Gasteiger partial charge in [0.25, 0.3) is 11.6 Å². The van der Waals surface area contributed by atoms with Crippen molar-refractivity contribution in [3.63, 3.8) is 0 Å². The molecule has 2 aromatic rings.